The van der Waals surface area contributed by atoms with Gasteiger partial charge in [0, 0.05) is 7.05 Å². The molecule has 0 aliphatic heterocycles. The molecule has 6 heteroatoms. The average Bonchev–Trinajstić information content (AvgIpc) is 3.10. The van der Waals surface area contributed by atoms with Crippen molar-refractivity contribution < 1.29 is 9.59 Å². The topological polar surface area (TPSA) is 62.3 Å². The molecule has 0 spiro atoms. The Morgan fingerprint density at radius 3 is 2.54 bits per heavy atom. The molecule has 2 aromatic carbocycles. The SMILES string of the molecule is CCC[C@H](NC(=O)Cc1ccccc1)C(=O)N(C)Cc1nc2ccccc2s1. The maximum absolute atomic E-state index is 12.9. The van der Waals surface area contributed by atoms with Gasteiger partial charge < -0.3 is 10.2 Å². The highest BCUT2D eigenvalue weighted by Crippen LogP contribution is 2.22. The highest BCUT2D eigenvalue weighted by Gasteiger charge is 2.24. The minimum Gasteiger partial charge on any atom is -0.344 e. The van der Waals surface area contributed by atoms with E-state index in [0.717, 1.165) is 27.2 Å². The lowest BCUT2D eigenvalue weighted by Crippen LogP contribution is -2.47. The summed E-state index contributed by atoms with van der Waals surface area (Å²) >= 11 is 1.59. The zero-order valence-electron chi connectivity index (χ0n) is 16.2. The number of hydrogen-bond acceptors (Lipinski definition) is 4. The third-order valence-corrected chi connectivity index (χ3v) is 5.53. The van der Waals surface area contributed by atoms with Crippen LogP contribution >= 0.6 is 11.3 Å². The molecule has 146 valence electrons. The van der Waals surface area contributed by atoms with Crippen LogP contribution in [-0.4, -0.2) is 34.8 Å². The molecule has 5 nitrogen and oxygen atoms in total. The van der Waals surface area contributed by atoms with E-state index in [1.165, 1.54) is 0 Å². The van der Waals surface area contributed by atoms with Crippen molar-refractivity contribution in [3.05, 3.63) is 65.2 Å². The van der Waals surface area contributed by atoms with E-state index in [4.69, 9.17) is 0 Å². The summed E-state index contributed by atoms with van der Waals surface area (Å²) in [6.07, 6.45) is 1.70. The van der Waals surface area contributed by atoms with E-state index in [-0.39, 0.29) is 18.2 Å². The van der Waals surface area contributed by atoms with Crippen molar-refractivity contribution in [2.45, 2.75) is 38.8 Å². The Balaban J connectivity index is 1.63. The second-order valence-electron chi connectivity index (χ2n) is 6.84. The highest BCUT2D eigenvalue weighted by molar-refractivity contribution is 7.18. The van der Waals surface area contributed by atoms with Crippen LogP contribution < -0.4 is 5.32 Å². The van der Waals surface area contributed by atoms with Crippen LogP contribution in [-0.2, 0) is 22.6 Å². The van der Waals surface area contributed by atoms with Crippen molar-refractivity contribution >= 4 is 33.4 Å². The number of nitrogens with zero attached hydrogens (tertiary/aromatic N) is 2. The smallest absolute Gasteiger partial charge is 0.245 e. The number of aromatic nitrogens is 1. The summed E-state index contributed by atoms with van der Waals surface area (Å²) in [5, 5.41) is 3.80. The van der Waals surface area contributed by atoms with Crippen LogP contribution in [0.3, 0.4) is 0 Å². The third-order valence-electron chi connectivity index (χ3n) is 4.51. The summed E-state index contributed by atoms with van der Waals surface area (Å²) in [5.74, 6) is -0.214. The zero-order chi connectivity index (χ0) is 19.9. The molecular formula is C22H25N3O2S. The molecule has 0 aliphatic rings. The molecule has 28 heavy (non-hydrogen) atoms. The van der Waals surface area contributed by atoms with E-state index in [1.54, 1.807) is 23.3 Å². The molecule has 0 saturated heterocycles. The molecule has 1 atom stereocenters. The Morgan fingerprint density at radius 1 is 1.11 bits per heavy atom. The van der Waals surface area contributed by atoms with Crippen LogP contribution in [0.1, 0.15) is 30.3 Å². The summed E-state index contributed by atoms with van der Waals surface area (Å²) in [4.78, 5) is 31.6. The van der Waals surface area contributed by atoms with E-state index in [1.807, 2.05) is 61.5 Å². The van der Waals surface area contributed by atoms with Gasteiger partial charge in [0.05, 0.1) is 23.2 Å². The zero-order valence-corrected chi connectivity index (χ0v) is 17.0. The van der Waals surface area contributed by atoms with Crippen LogP contribution in [0.25, 0.3) is 10.2 Å². The fraction of sp³-hybridized carbons (Fsp3) is 0.318. The van der Waals surface area contributed by atoms with E-state index >= 15 is 0 Å². The van der Waals surface area contributed by atoms with Gasteiger partial charge in [0.15, 0.2) is 0 Å². The van der Waals surface area contributed by atoms with Crippen molar-refractivity contribution in [3.8, 4) is 0 Å². The van der Waals surface area contributed by atoms with Crippen LogP contribution in [0.2, 0.25) is 0 Å². The van der Waals surface area contributed by atoms with Crippen LogP contribution in [0.15, 0.2) is 54.6 Å². The third kappa shape index (κ3) is 5.16. The standard InChI is InChI=1S/C22H25N3O2S/c1-3-9-18(23-20(26)14-16-10-5-4-6-11-16)22(27)25(2)15-21-24-17-12-7-8-13-19(17)28-21/h4-8,10-13,18H,3,9,14-15H2,1-2H3,(H,23,26)/t18-/m0/s1. The fourth-order valence-electron chi connectivity index (χ4n) is 3.11. The highest BCUT2D eigenvalue weighted by atomic mass is 32.1. The number of amides is 2. The average molecular weight is 396 g/mol. The molecule has 0 aliphatic carbocycles. The van der Waals surface area contributed by atoms with Gasteiger partial charge in [-0.15, -0.1) is 11.3 Å². The largest absolute Gasteiger partial charge is 0.344 e. The van der Waals surface area contributed by atoms with Crippen molar-refractivity contribution in [1.29, 1.82) is 0 Å². The second kappa shape index (κ2) is 9.46. The number of carbonyl (C=O) groups excluding carboxylic acids is 2. The number of benzene rings is 2. The van der Waals surface area contributed by atoms with Gasteiger partial charge in [0.25, 0.3) is 0 Å². The molecule has 0 saturated carbocycles. The molecule has 0 unspecified atom stereocenters. The van der Waals surface area contributed by atoms with E-state index in [2.05, 4.69) is 10.3 Å². The molecular weight excluding hydrogens is 370 g/mol. The predicted octanol–water partition coefficient (Wildman–Crippen LogP) is 3.78. The van der Waals surface area contributed by atoms with Crippen LogP contribution in [0.4, 0.5) is 0 Å². The second-order valence-corrected chi connectivity index (χ2v) is 7.96. The summed E-state index contributed by atoms with van der Waals surface area (Å²) in [6.45, 7) is 2.45. The summed E-state index contributed by atoms with van der Waals surface area (Å²) in [6, 6.07) is 17.0. The van der Waals surface area contributed by atoms with Crippen LogP contribution in [0, 0.1) is 0 Å². The van der Waals surface area contributed by atoms with Crippen molar-refractivity contribution in [3.63, 3.8) is 0 Å². The van der Waals surface area contributed by atoms with Gasteiger partial charge in [0.2, 0.25) is 11.8 Å². The number of carbonyl (C=O) groups is 2. The summed E-state index contributed by atoms with van der Waals surface area (Å²) < 4.78 is 1.11. The maximum atomic E-state index is 12.9. The Bertz CT molecular complexity index is 906. The van der Waals surface area contributed by atoms with E-state index in [0.29, 0.717) is 13.0 Å². The first-order valence-corrected chi connectivity index (χ1v) is 10.3. The first kappa shape index (κ1) is 20.0. The fourth-order valence-corrected chi connectivity index (χ4v) is 4.13. The van der Waals surface area contributed by atoms with Gasteiger partial charge in [-0.25, -0.2) is 4.98 Å². The molecule has 2 amide bonds. The Kier molecular flexibility index (Phi) is 6.76. The first-order chi connectivity index (χ1) is 13.6. The number of thiazole rings is 1. The quantitative estimate of drug-likeness (QED) is 0.631. The monoisotopic (exact) mass is 395 g/mol. The van der Waals surface area contributed by atoms with Gasteiger partial charge in [-0.3, -0.25) is 9.59 Å². The summed E-state index contributed by atoms with van der Waals surface area (Å²) in [7, 11) is 1.76. The Labute approximate surface area is 169 Å². The van der Waals surface area contributed by atoms with E-state index in [9.17, 15) is 9.59 Å². The van der Waals surface area contributed by atoms with Gasteiger partial charge >= 0.3 is 0 Å². The molecule has 0 bridgehead atoms. The maximum Gasteiger partial charge on any atom is 0.245 e. The van der Waals surface area contributed by atoms with Crippen molar-refractivity contribution in [2.24, 2.45) is 0 Å². The number of para-hydroxylation sites is 1. The number of likely N-dealkylation sites (N-methyl/N-ethyl adjacent to an activating group) is 1. The molecule has 1 aromatic heterocycles. The molecule has 3 rings (SSSR count). The number of nitrogens with one attached hydrogen (secondary N) is 1. The Hall–Kier alpha value is -2.73. The minimum atomic E-state index is -0.513. The Morgan fingerprint density at radius 2 is 1.82 bits per heavy atom. The molecule has 0 fully saturated rings. The molecule has 3 aromatic rings. The normalized spacial score (nSPS) is 11.9. The first-order valence-electron chi connectivity index (χ1n) is 9.49. The molecule has 0 radical (unpaired) electrons. The minimum absolute atomic E-state index is 0.0810. The van der Waals surface area contributed by atoms with Gasteiger partial charge in [-0.1, -0.05) is 55.8 Å². The lowest BCUT2D eigenvalue weighted by molar-refractivity contribution is -0.135. The van der Waals surface area contributed by atoms with Gasteiger partial charge in [-0.05, 0) is 24.1 Å². The number of hydrogen-bond donors (Lipinski definition) is 1. The van der Waals surface area contributed by atoms with Crippen molar-refractivity contribution in [2.75, 3.05) is 7.05 Å². The lowest BCUT2D eigenvalue weighted by atomic mass is 10.1. The van der Waals surface area contributed by atoms with Gasteiger partial charge in [0.1, 0.15) is 11.0 Å². The van der Waals surface area contributed by atoms with E-state index < -0.39 is 6.04 Å². The molecule has 1 heterocycles. The van der Waals surface area contributed by atoms with Gasteiger partial charge in [-0.2, -0.15) is 0 Å². The number of fused-ring (bicyclic) bond motifs is 1. The predicted molar refractivity (Wildman–Crippen MR) is 113 cm³/mol. The van der Waals surface area contributed by atoms with Crippen LogP contribution in [0.5, 0.6) is 0 Å². The number of rotatable bonds is 8. The summed E-state index contributed by atoms with van der Waals surface area (Å²) in [5.41, 5.74) is 1.88. The van der Waals surface area contributed by atoms with Crippen molar-refractivity contribution in [1.82, 2.24) is 15.2 Å². The lowest BCUT2D eigenvalue weighted by Gasteiger charge is -2.24. The molecule has 1 N–H and O–H groups in total.